The summed E-state index contributed by atoms with van der Waals surface area (Å²) < 4.78 is 6.09. The Morgan fingerprint density at radius 2 is 1.78 bits per heavy atom. The predicted octanol–water partition coefficient (Wildman–Crippen LogP) is 4.82. The lowest BCUT2D eigenvalue weighted by atomic mass is 9.61. The molecule has 27 heavy (non-hydrogen) atoms. The van der Waals surface area contributed by atoms with Crippen LogP contribution in [0.2, 0.25) is 0 Å². The van der Waals surface area contributed by atoms with Gasteiger partial charge in [-0.15, -0.1) is 0 Å². The molecule has 3 heterocycles. The molecule has 3 heteroatoms. The van der Waals surface area contributed by atoms with Crippen molar-refractivity contribution in [1.29, 1.82) is 0 Å². The molecule has 0 N–H and O–H groups in total. The highest BCUT2D eigenvalue weighted by atomic mass is 16.5. The van der Waals surface area contributed by atoms with Crippen molar-refractivity contribution in [2.24, 2.45) is 5.92 Å². The topological polar surface area (TPSA) is 25.4 Å². The summed E-state index contributed by atoms with van der Waals surface area (Å²) in [6, 6.07) is 17.3. The fraction of sp³-hybridized carbons (Fsp3) is 0.542. The molecule has 1 unspecified atom stereocenters. The quantitative estimate of drug-likeness (QED) is 0.778. The lowest BCUT2D eigenvalue weighted by molar-refractivity contribution is -0.101. The van der Waals surface area contributed by atoms with Gasteiger partial charge in [-0.05, 0) is 76.2 Å². The van der Waals surface area contributed by atoms with Crippen LogP contribution in [0.3, 0.4) is 0 Å². The van der Waals surface area contributed by atoms with Gasteiger partial charge in [0.2, 0.25) is 0 Å². The molecule has 0 aliphatic carbocycles. The number of likely N-dealkylation sites (tertiary alicyclic amines) is 1. The molecule has 144 valence electrons. The van der Waals surface area contributed by atoms with Gasteiger partial charge in [0.05, 0.1) is 5.60 Å². The van der Waals surface area contributed by atoms with Crippen LogP contribution < -0.4 is 0 Å². The molecule has 2 aliphatic heterocycles. The van der Waals surface area contributed by atoms with Crippen molar-refractivity contribution < 1.29 is 4.74 Å². The molecule has 2 fully saturated rings. The van der Waals surface area contributed by atoms with Crippen molar-refractivity contribution in [2.75, 3.05) is 19.7 Å². The van der Waals surface area contributed by atoms with Crippen LogP contribution >= 0.6 is 0 Å². The molecule has 1 aromatic heterocycles. The molecule has 2 saturated heterocycles. The monoisotopic (exact) mass is 364 g/mol. The summed E-state index contributed by atoms with van der Waals surface area (Å²) in [5.74, 6) is 0.683. The molecule has 1 atom stereocenters. The second-order valence-corrected chi connectivity index (χ2v) is 8.94. The molecular formula is C24H32N2O. The second kappa shape index (κ2) is 7.73. The molecule has 4 rings (SSSR count). The Morgan fingerprint density at radius 1 is 1.04 bits per heavy atom. The summed E-state index contributed by atoms with van der Waals surface area (Å²) in [6.07, 6.45) is 6.63. The largest absolute Gasteiger partial charge is 0.376 e. The average Bonchev–Trinajstić information content (AvgIpc) is 2.69. The number of hydrogen-bond donors (Lipinski definition) is 0. The molecule has 2 aromatic rings. The highest BCUT2D eigenvalue weighted by molar-refractivity contribution is 5.22. The summed E-state index contributed by atoms with van der Waals surface area (Å²) in [5.41, 5.74) is 2.78. The number of benzene rings is 1. The number of pyridine rings is 1. The van der Waals surface area contributed by atoms with E-state index in [9.17, 15) is 0 Å². The SMILES string of the molecule is CC1(C)CC(c2ccccn2)(C2CCN(Cc3ccccc3)CC2)CCO1. The first kappa shape index (κ1) is 18.6. The Hall–Kier alpha value is -1.71. The van der Waals surface area contributed by atoms with E-state index in [1.54, 1.807) is 0 Å². The maximum Gasteiger partial charge on any atom is 0.0635 e. The minimum atomic E-state index is -0.0725. The van der Waals surface area contributed by atoms with Gasteiger partial charge in [0, 0.05) is 30.5 Å². The summed E-state index contributed by atoms with van der Waals surface area (Å²) in [7, 11) is 0. The zero-order chi connectivity index (χ0) is 18.7. The Bertz CT molecular complexity index is 723. The normalized spacial score (nSPS) is 26.7. The predicted molar refractivity (Wildman–Crippen MR) is 110 cm³/mol. The molecule has 0 saturated carbocycles. The van der Waals surface area contributed by atoms with E-state index in [2.05, 4.69) is 61.2 Å². The average molecular weight is 365 g/mol. The van der Waals surface area contributed by atoms with Crippen molar-refractivity contribution in [3.63, 3.8) is 0 Å². The zero-order valence-electron chi connectivity index (χ0n) is 16.7. The first-order chi connectivity index (χ1) is 13.1. The fourth-order valence-corrected chi connectivity index (χ4v) is 5.33. The molecular weight excluding hydrogens is 332 g/mol. The van der Waals surface area contributed by atoms with Crippen molar-refractivity contribution in [1.82, 2.24) is 9.88 Å². The van der Waals surface area contributed by atoms with Crippen LogP contribution in [0.25, 0.3) is 0 Å². The lowest BCUT2D eigenvalue weighted by Crippen LogP contribution is -2.51. The third kappa shape index (κ3) is 4.09. The van der Waals surface area contributed by atoms with Crippen molar-refractivity contribution in [3.05, 3.63) is 66.0 Å². The minimum Gasteiger partial charge on any atom is -0.376 e. The molecule has 3 nitrogen and oxygen atoms in total. The number of aromatic nitrogens is 1. The summed E-state index contributed by atoms with van der Waals surface area (Å²) in [4.78, 5) is 7.45. The standard InChI is InChI=1S/C24H32N2O/c1-23(2)19-24(13-17-27-23,22-10-6-7-14-25-22)21-11-15-26(16-12-21)18-20-8-4-3-5-9-20/h3-10,14,21H,11-13,15-19H2,1-2H3. The Morgan fingerprint density at radius 3 is 2.44 bits per heavy atom. The zero-order valence-corrected chi connectivity index (χ0v) is 16.7. The van der Waals surface area contributed by atoms with E-state index in [4.69, 9.17) is 9.72 Å². The Labute approximate surface area is 163 Å². The van der Waals surface area contributed by atoms with Crippen LogP contribution in [-0.2, 0) is 16.7 Å². The van der Waals surface area contributed by atoms with Gasteiger partial charge in [-0.1, -0.05) is 36.4 Å². The highest BCUT2D eigenvalue weighted by Gasteiger charge is 2.48. The number of nitrogens with zero attached hydrogens (tertiary/aromatic N) is 2. The van der Waals surface area contributed by atoms with E-state index in [1.807, 2.05) is 12.3 Å². The van der Waals surface area contributed by atoms with Gasteiger partial charge in [0.1, 0.15) is 0 Å². The second-order valence-electron chi connectivity index (χ2n) is 8.94. The van der Waals surface area contributed by atoms with Gasteiger partial charge in [0.25, 0.3) is 0 Å². The molecule has 0 spiro atoms. The van der Waals surface area contributed by atoms with Crippen molar-refractivity contribution in [3.8, 4) is 0 Å². The number of piperidine rings is 1. The van der Waals surface area contributed by atoms with E-state index in [-0.39, 0.29) is 11.0 Å². The summed E-state index contributed by atoms with van der Waals surface area (Å²) >= 11 is 0. The molecule has 0 radical (unpaired) electrons. The Kier molecular flexibility index (Phi) is 5.34. The van der Waals surface area contributed by atoms with Crippen molar-refractivity contribution >= 4 is 0 Å². The maximum atomic E-state index is 6.09. The highest BCUT2D eigenvalue weighted by Crippen LogP contribution is 2.49. The fourth-order valence-electron chi connectivity index (χ4n) is 5.33. The van der Waals surface area contributed by atoms with E-state index < -0.39 is 0 Å². The lowest BCUT2D eigenvalue weighted by Gasteiger charge is -2.51. The maximum absolute atomic E-state index is 6.09. The molecule has 0 bridgehead atoms. The van der Waals surface area contributed by atoms with Gasteiger partial charge in [0.15, 0.2) is 0 Å². The van der Waals surface area contributed by atoms with Gasteiger partial charge < -0.3 is 4.74 Å². The minimum absolute atomic E-state index is 0.0725. The number of hydrogen-bond acceptors (Lipinski definition) is 3. The smallest absolute Gasteiger partial charge is 0.0635 e. The van der Waals surface area contributed by atoms with E-state index in [1.165, 1.54) is 37.2 Å². The van der Waals surface area contributed by atoms with Crippen molar-refractivity contribution in [2.45, 2.75) is 57.1 Å². The molecule has 0 amide bonds. The van der Waals surface area contributed by atoms with Crippen LogP contribution in [0.1, 0.15) is 50.8 Å². The summed E-state index contributed by atoms with van der Waals surface area (Å²) in [5, 5.41) is 0. The van der Waals surface area contributed by atoms with Gasteiger partial charge in [-0.25, -0.2) is 0 Å². The Balaban J connectivity index is 1.51. The van der Waals surface area contributed by atoms with Gasteiger partial charge >= 0.3 is 0 Å². The van der Waals surface area contributed by atoms with E-state index >= 15 is 0 Å². The first-order valence-corrected chi connectivity index (χ1v) is 10.4. The van der Waals surface area contributed by atoms with Crippen LogP contribution in [0.4, 0.5) is 0 Å². The van der Waals surface area contributed by atoms with Gasteiger partial charge in [-0.2, -0.15) is 0 Å². The van der Waals surface area contributed by atoms with E-state index in [0.29, 0.717) is 5.92 Å². The number of rotatable bonds is 4. The molecule has 2 aliphatic rings. The first-order valence-electron chi connectivity index (χ1n) is 10.4. The van der Waals surface area contributed by atoms with Crippen LogP contribution in [0.5, 0.6) is 0 Å². The van der Waals surface area contributed by atoms with Crippen LogP contribution in [-0.4, -0.2) is 35.2 Å². The van der Waals surface area contributed by atoms with E-state index in [0.717, 1.165) is 26.0 Å². The third-order valence-corrected chi connectivity index (χ3v) is 6.58. The number of ether oxygens (including phenoxy) is 1. The van der Waals surface area contributed by atoms with Crippen LogP contribution in [0, 0.1) is 5.92 Å². The third-order valence-electron chi connectivity index (χ3n) is 6.58. The van der Waals surface area contributed by atoms with Crippen LogP contribution in [0.15, 0.2) is 54.7 Å². The van der Waals surface area contributed by atoms with Gasteiger partial charge in [-0.3, -0.25) is 9.88 Å². The molecule has 1 aromatic carbocycles. The summed E-state index contributed by atoms with van der Waals surface area (Å²) in [6.45, 7) is 8.75.